The third-order valence-corrected chi connectivity index (χ3v) is 2.85. The molecule has 0 bridgehead atoms. The number of hydrogen-bond donors (Lipinski definition) is 2. The van der Waals surface area contributed by atoms with Gasteiger partial charge in [-0.1, -0.05) is 6.92 Å². The summed E-state index contributed by atoms with van der Waals surface area (Å²) >= 11 is 5.68. The summed E-state index contributed by atoms with van der Waals surface area (Å²) in [6.45, 7) is 3.81. The zero-order valence-corrected chi connectivity index (χ0v) is 9.91. The molecule has 0 fully saturated rings. The van der Waals surface area contributed by atoms with Crippen LogP contribution in [0.3, 0.4) is 0 Å². The topological polar surface area (TPSA) is 74.8 Å². The molecule has 0 aliphatic carbocycles. The summed E-state index contributed by atoms with van der Waals surface area (Å²) < 4.78 is 0. The summed E-state index contributed by atoms with van der Waals surface area (Å²) in [7, 11) is 0. The van der Waals surface area contributed by atoms with Crippen molar-refractivity contribution in [2.45, 2.75) is 19.9 Å². The van der Waals surface area contributed by atoms with Gasteiger partial charge in [0.1, 0.15) is 5.69 Å². The van der Waals surface area contributed by atoms with Crippen molar-refractivity contribution in [1.29, 1.82) is 0 Å². The number of carbonyl (C=O) groups excluding carboxylic acids is 1. The number of aromatic amines is 1. The van der Waals surface area contributed by atoms with E-state index in [2.05, 4.69) is 15.5 Å². The van der Waals surface area contributed by atoms with Crippen LogP contribution in [0.25, 0.3) is 0 Å². The van der Waals surface area contributed by atoms with Gasteiger partial charge < -0.3 is 5.32 Å². The predicted molar refractivity (Wildman–Crippen MR) is 61.7 cm³/mol. The van der Waals surface area contributed by atoms with Crippen molar-refractivity contribution in [1.82, 2.24) is 15.5 Å². The van der Waals surface area contributed by atoms with Gasteiger partial charge in [0.05, 0.1) is 0 Å². The van der Waals surface area contributed by atoms with Crippen molar-refractivity contribution in [2.24, 2.45) is 5.92 Å². The van der Waals surface area contributed by atoms with Gasteiger partial charge in [0, 0.05) is 18.0 Å². The lowest BCUT2D eigenvalue weighted by atomic mass is 10.1. The van der Waals surface area contributed by atoms with E-state index in [9.17, 15) is 9.59 Å². The summed E-state index contributed by atoms with van der Waals surface area (Å²) in [6, 6.07) is 2.60. The molecule has 1 aromatic heterocycles. The van der Waals surface area contributed by atoms with Gasteiger partial charge in [-0.05, 0) is 18.9 Å². The second kappa shape index (κ2) is 5.65. The van der Waals surface area contributed by atoms with E-state index in [0.29, 0.717) is 5.88 Å². The van der Waals surface area contributed by atoms with Crippen LogP contribution in [0.4, 0.5) is 0 Å². The van der Waals surface area contributed by atoms with Crippen molar-refractivity contribution in [2.75, 3.05) is 5.88 Å². The van der Waals surface area contributed by atoms with Crippen molar-refractivity contribution in [3.63, 3.8) is 0 Å². The molecule has 88 valence electrons. The first-order chi connectivity index (χ1) is 7.54. The first-order valence-electron chi connectivity index (χ1n) is 4.97. The Kier molecular flexibility index (Phi) is 4.49. The highest BCUT2D eigenvalue weighted by molar-refractivity contribution is 6.18. The number of amides is 1. The third kappa shape index (κ3) is 3.34. The van der Waals surface area contributed by atoms with Crippen LogP contribution in [-0.4, -0.2) is 28.0 Å². The second-order valence-electron chi connectivity index (χ2n) is 3.70. The van der Waals surface area contributed by atoms with Crippen LogP contribution in [0, 0.1) is 5.92 Å². The molecule has 0 aliphatic heterocycles. The lowest BCUT2D eigenvalue weighted by molar-refractivity contribution is 0.0924. The Morgan fingerprint density at radius 2 is 2.25 bits per heavy atom. The SMILES string of the molecule is CC(CCl)C(C)NC(=O)c1ccc(=O)[nH]n1. The predicted octanol–water partition coefficient (Wildman–Crippen LogP) is 0.763. The van der Waals surface area contributed by atoms with Crippen LogP contribution in [0.1, 0.15) is 24.3 Å². The number of halogens is 1. The minimum Gasteiger partial charge on any atom is -0.348 e. The van der Waals surface area contributed by atoms with Gasteiger partial charge in [-0.3, -0.25) is 9.59 Å². The number of nitrogens with one attached hydrogen (secondary N) is 2. The maximum atomic E-state index is 11.6. The molecule has 0 saturated heterocycles. The summed E-state index contributed by atoms with van der Waals surface area (Å²) in [4.78, 5) is 22.4. The largest absolute Gasteiger partial charge is 0.348 e. The smallest absolute Gasteiger partial charge is 0.271 e. The summed E-state index contributed by atoms with van der Waals surface area (Å²) in [5.41, 5.74) is -0.146. The average molecular weight is 244 g/mol. The van der Waals surface area contributed by atoms with Crippen LogP contribution in [-0.2, 0) is 0 Å². The standard InChI is InChI=1S/C10H14ClN3O2/c1-6(5-11)7(2)12-10(16)8-3-4-9(15)14-13-8/h3-4,6-7H,5H2,1-2H3,(H,12,16)(H,14,15). The zero-order chi connectivity index (χ0) is 12.1. The van der Waals surface area contributed by atoms with Crippen molar-refractivity contribution in [3.05, 3.63) is 28.2 Å². The summed E-state index contributed by atoms with van der Waals surface area (Å²) in [5, 5.41) is 8.60. The van der Waals surface area contributed by atoms with Crippen LogP contribution in [0.2, 0.25) is 0 Å². The quantitative estimate of drug-likeness (QED) is 0.767. The normalized spacial score (nSPS) is 14.2. The van der Waals surface area contributed by atoms with E-state index in [-0.39, 0.29) is 29.1 Å². The number of nitrogens with zero attached hydrogens (tertiary/aromatic N) is 1. The highest BCUT2D eigenvalue weighted by atomic mass is 35.5. The number of carbonyl (C=O) groups is 1. The van der Waals surface area contributed by atoms with Crippen LogP contribution in [0.15, 0.2) is 16.9 Å². The Morgan fingerprint density at radius 3 is 2.75 bits per heavy atom. The second-order valence-corrected chi connectivity index (χ2v) is 4.01. The van der Waals surface area contributed by atoms with E-state index in [1.807, 2.05) is 13.8 Å². The van der Waals surface area contributed by atoms with Crippen molar-refractivity contribution in [3.8, 4) is 0 Å². The van der Waals surface area contributed by atoms with Gasteiger partial charge in [-0.15, -0.1) is 11.6 Å². The number of rotatable bonds is 4. The van der Waals surface area contributed by atoms with E-state index >= 15 is 0 Å². The molecule has 2 N–H and O–H groups in total. The highest BCUT2D eigenvalue weighted by Gasteiger charge is 2.15. The third-order valence-electron chi connectivity index (χ3n) is 2.37. The van der Waals surface area contributed by atoms with Crippen LogP contribution in [0.5, 0.6) is 0 Å². The molecule has 0 aromatic carbocycles. The van der Waals surface area contributed by atoms with E-state index in [1.165, 1.54) is 12.1 Å². The number of H-pyrrole nitrogens is 1. The van der Waals surface area contributed by atoms with E-state index < -0.39 is 0 Å². The monoisotopic (exact) mass is 243 g/mol. The molecule has 5 nitrogen and oxygen atoms in total. The fraction of sp³-hybridized carbons (Fsp3) is 0.500. The molecule has 1 rings (SSSR count). The van der Waals surface area contributed by atoms with Crippen LogP contribution >= 0.6 is 11.6 Å². The fourth-order valence-corrected chi connectivity index (χ4v) is 1.29. The van der Waals surface area contributed by atoms with Gasteiger partial charge in [0.25, 0.3) is 11.5 Å². The molecule has 0 saturated carbocycles. The number of alkyl halides is 1. The molecule has 16 heavy (non-hydrogen) atoms. The van der Waals surface area contributed by atoms with Gasteiger partial charge in [0.2, 0.25) is 0 Å². The van der Waals surface area contributed by atoms with E-state index in [4.69, 9.17) is 11.6 Å². The molecule has 2 unspecified atom stereocenters. The lowest BCUT2D eigenvalue weighted by Crippen LogP contribution is -2.38. The van der Waals surface area contributed by atoms with Crippen molar-refractivity contribution < 1.29 is 4.79 Å². The summed E-state index contributed by atoms with van der Waals surface area (Å²) in [5.74, 6) is 0.328. The minimum atomic E-state index is -0.335. The molecule has 0 aliphatic rings. The molecule has 1 aromatic rings. The highest BCUT2D eigenvalue weighted by Crippen LogP contribution is 2.05. The Hall–Kier alpha value is -1.36. The molecule has 2 atom stereocenters. The van der Waals surface area contributed by atoms with Crippen LogP contribution < -0.4 is 10.9 Å². The Labute approximate surface area is 98.2 Å². The van der Waals surface area contributed by atoms with Gasteiger partial charge in [-0.2, -0.15) is 5.10 Å². The lowest BCUT2D eigenvalue weighted by Gasteiger charge is -2.18. The molecule has 0 spiro atoms. The Morgan fingerprint density at radius 1 is 1.56 bits per heavy atom. The molecular weight excluding hydrogens is 230 g/mol. The van der Waals surface area contributed by atoms with Gasteiger partial charge >= 0.3 is 0 Å². The fourth-order valence-electron chi connectivity index (χ4n) is 1.03. The number of aromatic nitrogens is 2. The first kappa shape index (κ1) is 12.7. The van der Waals surface area contributed by atoms with Gasteiger partial charge in [-0.25, -0.2) is 5.10 Å². The van der Waals surface area contributed by atoms with E-state index in [1.54, 1.807) is 0 Å². The Balaban J connectivity index is 2.65. The zero-order valence-electron chi connectivity index (χ0n) is 9.16. The molecule has 1 amide bonds. The molecule has 0 radical (unpaired) electrons. The molecule has 6 heteroatoms. The minimum absolute atomic E-state index is 0.0428. The average Bonchev–Trinajstić information content (AvgIpc) is 2.28. The first-order valence-corrected chi connectivity index (χ1v) is 5.50. The maximum Gasteiger partial charge on any atom is 0.271 e. The summed E-state index contributed by atoms with van der Waals surface area (Å²) in [6.07, 6.45) is 0. The molecule has 1 heterocycles. The maximum absolute atomic E-state index is 11.6. The molecular formula is C10H14ClN3O2. The number of hydrogen-bond acceptors (Lipinski definition) is 3. The van der Waals surface area contributed by atoms with E-state index in [0.717, 1.165) is 0 Å². The van der Waals surface area contributed by atoms with Crippen molar-refractivity contribution >= 4 is 17.5 Å². The van der Waals surface area contributed by atoms with Gasteiger partial charge in [0.15, 0.2) is 0 Å². The Bertz CT molecular complexity index is 398.